The number of benzene rings is 1. The Morgan fingerprint density at radius 2 is 2.18 bits per heavy atom. The van der Waals surface area contributed by atoms with Crippen LogP contribution in [0.15, 0.2) is 28.7 Å². The SMILES string of the molecule is Cc1cc(OCC(=O)N=c2sccn2C)c(C(C)C)cc1Cl. The first-order valence-corrected chi connectivity index (χ1v) is 8.24. The van der Waals surface area contributed by atoms with Gasteiger partial charge in [0, 0.05) is 23.6 Å². The third-order valence-electron chi connectivity index (χ3n) is 3.24. The maximum Gasteiger partial charge on any atom is 0.286 e. The lowest BCUT2D eigenvalue weighted by atomic mass is 10.0. The van der Waals surface area contributed by atoms with E-state index in [1.54, 1.807) is 4.57 Å². The van der Waals surface area contributed by atoms with E-state index in [0.29, 0.717) is 15.6 Å². The minimum Gasteiger partial charge on any atom is -0.483 e. The third kappa shape index (κ3) is 3.99. The molecule has 0 atom stereocenters. The molecule has 0 radical (unpaired) electrons. The van der Waals surface area contributed by atoms with E-state index < -0.39 is 0 Å². The van der Waals surface area contributed by atoms with Crippen molar-refractivity contribution in [3.63, 3.8) is 0 Å². The number of halogens is 1. The normalized spacial score (nSPS) is 12.0. The maximum absolute atomic E-state index is 11.9. The summed E-state index contributed by atoms with van der Waals surface area (Å²) in [6.45, 7) is 5.95. The molecule has 0 aliphatic carbocycles. The fourth-order valence-electron chi connectivity index (χ4n) is 1.96. The molecule has 0 aliphatic heterocycles. The lowest BCUT2D eigenvalue weighted by molar-refractivity contribution is -0.120. The fourth-order valence-corrected chi connectivity index (χ4v) is 2.88. The summed E-state index contributed by atoms with van der Waals surface area (Å²) in [6, 6.07) is 3.77. The Labute approximate surface area is 139 Å². The minimum absolute atomic E-state index is 0.0846. The van der Waals surface area contributed by atoms with Crippen LogP contribution in [0.25, 0.3) is 0 Å². The van der Waals surface area contributed by atoms with Gasteiger partial charge in [-0.2, -0.15) is 4.99 Å². The van der Waals surface area contributed by atoms with Gasteiger partial charge in [-0.3, -0.25) is 4.79 Å². The van der Waals surface area contributed by atoms with Crippen LogP contribution < -0.4 is 9.54 Å². The van der Waals surface area contributed by atoms with E-state index in [4.69, 9.17) is 16.3 Å². The van der Waals surface area contributed by atoms with Crippen LogP contribution in [0.1, 0.15) is 30.9 Å². The molecular weight excluding hydrogens is 320 g/mol. The highest BCUT2D eigenvalue weighted by atomic mass is 35.5. The second kappa shape index (κ2) is 7.11. The van der Waals surface area contributed by atoms with Crippen molar-refractivity contribution in [2.75, 3.05) is 6.61 Å². The molecule has 0 fully saturated rings. The van der Waals surface area contributed by atoms with E-state index in [1.165, 1.54) is 11.3 Å². The average Bonchev–Trinajstić information content (AvgIpc) is 2.85. The molecule has 6 heteroatoms. The zero-order valence-electron chi connectivity index (χ0n) is 13.1. The van der Waals surface area contributed by atoms with Gasteiger partial charge in [-0.05, 0) is 36.1 Å². The van der Waals surface area contributed by atoms with E-state index in [-0.39, 0.29) is 18.4 Å². The summed E-state index contributed by atoms with van der Waals surface area (Å²) < 4.78 is 7.48. The number of ether oxygens (including phenoxy) is 1. The van der Waals surface area contributed by atoms with Crippen LogP contribution in [0.3, 0.4) is 0 Å². The molecule has 1 aromatic carbocycles. The summed E-state index contributed by atoms with van der Waals surface area (Å²) in [7, 11) is 1.85. The van der Waals surface area contributed by atoms with Gasteiger partial charge in [0.25, 0.3) is 5.91 Å². The van der Waals surface area contributed by atoms with E-state index in [0.717, 1.165) is 11.1 Å². The molecule has 4 nitrogen and oxygen atoms in total. The summed E-state index contributed by atoms with van der Waals surface area (Å²) in [5, 5.41) is 2.59. The third-order valence-corrected chi connectivity index (χ3v) is 4.50. The first-order valence-electron chi connectivity index (χ1n) is 6.99. The molecule has 22 heavy (non-hydrogen) atoms. The molecule has 118 valence electrons. The van der Waals surface area contributed by atoms with Crippen molar-refractivity contribution in [1.82, 2.24) is 4.57 Å². The van der Waals surface area contributed by atoms with Crippen molar-refractivity contribution in [2.45, 2.75) is 26.7 Å². The van der Waals surface area contributed by atoms with Gasteiger partial charge in [0.15, 0.2) is 11.4 Å². The van der Waals surface area contributed by atoms with Gasteiger partial charge in [0.2, 0.25) is 0 Å². The predicted molar refractivity (Wildman–Crippen MR) is 89.6 cm³/mol. The summed E-state index contributed by atoms with van der Waals surface area (Å²) in [5.74, 6) is 0.645. The highest BCUT2D eigenvalue weighted by molar-refractivity contribution is 7.07. The number of hydrogen-bond donors (Lipinski definition) is 0. The quantitative estimate of drug-likeness (QED) is 0.853. The van der Waals surface area contributed by atoms with Gasteiger partial charge in [-0.25, -0.2) is 0 Å². The lowest BCUT2D eigenvalue weighted by Gasteiger charge is -2.15. The van der Waals surface area contributed by atoms with Gasteiger partial charge in [-0.15, -0.1) is 11.3 Å². The molecule has 1 heterocycles. The molecule has 0 saturated carbocycles. The minimum atomic E-state index is -0.305. The van der Waals surface area contributed by atoms with E-state index in [2.05, 4.69) is 18.8 Å². The average molecular weight is 339 g/mol. The lowest BCUT2D eigenvalue weighted by Crippen LogP contribution is -2.17. The zero-order chi connectivity index (χ0) is 16.3. The maximum atomic E-state index is 11.9. The molecule has 0 saturated heterocycles. The Hall–Kier alpha value is -1.59. The van der Waals surface area contributed by atoms with Crippen molar-refractivity contribution in [1.29, 1.82) is 0 Å². The Morgan fingerprint density at radius 1 is 1.45 bits per heavy atom. The first-order chi connectivity index (χ1) is 10.4. The Bertz CT molecular complexity index is 747. The number of nitrogens with zero attached hydrogens (tertiary/aromatic N) is 2. The van der Waals surface area contributed by atoms with Crippen molar-refractivity contribution in [2.24, 2.45) is 12.0 Å². The predicted octanol–water partition coefficient (Wildman–Crippen LogP) is 3.68. The number of aromatic nitrogens is 1. The monoisotopic (exact) mass is 338 g/mol. The molecule has 0 N–H and O–H groups in total. The summed E-state index contributed by atoms with van der Waals surface area (Å²) in [5.41, 5.74) is 1.92. The number of carbonyl (C=O) groups excluding carboxylic acids is 1. The van der Waals surface area contributed by atoms with E-state index >= 15 is 0 Å². The molecule has 1 aromatic heterocycles. The fraction of sp³-hybridized carbons (Fsp3) is 0.375. The largest absolute Gasteiger partial charge is 0.483 e. The van der Waals surface area contributed by atoms with Crippen molar-refractivity contribution < 1.29 is 9.53 Å². The topological polar surface area (TPSA) is 43.6 Å². The molecule has 0 aliphatic rings. The molecule has 1 amide bonds. The molecule has 2 rings (SSSR count). The molecule has 2 aromatic rings. The smallest absolute Gasteiger partial charge is 0.286 e. The second-order valence-electron chi connectivity index (χ2n) is 5.38. The Balaban J connectivity index is 2.16. The molecule has 0 bridgehead atoms. The van der Waals surface area contributed by atoms with Crippen molar-refractivity contribution in [3.05, 3.63) is 44.7 Å². The van der Waals surface area contributed by atoms with Crippen LogP contribution in [0, 0.1) is 6.92 Å². The number of amides is 1. The molecule has 0 unspecified atom stereocenters. The second-order valence-corrected chi connectivity index (χ2v) is 6.66. The summed E-state index contributed by atoms with van der Waals surface area (Å²) in [4.78, 5) is 16.6. The first kappa shape index (κ1) is 16.8. The van der Waals surface area contributed by atoms with Crippen LogP contribution in [0.2, 0.25) is 5.02 Å². The Morgan fingerprint density at radius 3 is 2.77 bits per heavy atom. The molecular formula is C16H19ClN2O2S. The highest BCUT2D eigenvalue weighted by Gasteiger charge is 2.12. The zero-order valence-corrected chi connectivity index (χ0v) is 14.7. The Kier molecular flexibility index (Phi) is 5.42. The molecule has 0 spiro atoms. The number of carbonyl (C=O) groups is 1. The highest BCUT2D eigenvalue weighted by Crippen LogP contribution is 2.31. The van der Waals surface area contributed by atoms with Crippen LogP contribution >= 0.6 is 22.9 Å². The summed E-state index contributed by atoms with van der Waals surface area (Å²) in [6.07, 6.45) is 1.86. The number of thiazole rings is 1. The summed E-state index contributed by atoms with van der Waals surface area (Å²) >= 11 is 7.58. The van der Waals surface area contributed by atoms with Crippen molar-refractivity contribution in [3.8, 4) is 5.75 Å². The van der Waals surface area contributed by atoms with E-state index in [1.807, 2.05) is 37.7 Å². The number of aryl methyl sites for hydroxylation is 2. The number of rotatable bonds is 4. The van der Waals surface area contributed by atoms with Crippen LogP contribution in [0.4, 0.5) is 0 Å². The van der Waals surface area contributed by atoms with Crippen LogP contribution in [-0.2, 0) is 11.8 Å². The van der Waals surface area contributed by atoms with Crippen LogP contribution in [-0.4, -0.2) is 17.1 Å². The van der Waals surface area contributed by atoms with Crippen LogP contribution in [0.5, 0.6) is 5.75 Å². The number of hydrogen-bond acceptors (Lipinski definition) is 3. The van der Waals surface area contributed by atoms with E-state index in [9.17, 15) is 4.79 Å². The van der Waals surface area contributed by atoms with Gasteiger partial charge < -0.3 is 9.30 Å². The standard InChI is InChI=1S/C16H19ClN2O2S/c1-10(2)12-8-13(17)11(3)7-14(12)21-9-15(20)18-16-19(4)5-6-22-16/h5-8,10H,9H2,1-4H3. The van der Waals surface area contributed by atoms with Crippen molar-refractivity contribution >= 4 is 28.8 Å². The van der Waals surface area contributed by atoms with Gasteiger partial charge in [0.1, 0.15) is 5.75 Å². The van der Waals surface area contributed by atoms with Gasteiger partial charge >= 0.3 is 0 Å². The van der Waals surface area contributed by atoms with Gasteiger partial charge in [-0.1, -0.05) is 25.4 Å². The van der Waals surface area contributed by atoms with Gasteiger partial charge in [0.05, 0.1) is 0 Å².